The van der Waals surface area contributed by atoms with Crippen molar-refractivity contribution in [2.75, 3.05) is 31.1 Å². The SMILES string of the molecule is CCCOc1ccc2c(c1)CCN(c1ccc(S(=O)(=O)N3CCCC3)cn1)C2. The number of pyridine rings is 1. The summed E-state index contributed by atoms with van der Waals surface area (Å²) in [5.74, 6) is 1.75. The van der Waals surface area contributed by atoms with Crippen LogP contribution >= 0.6 is 0 Å². The normalized spacial score (nSPS) is 17.5. The van der Waals surface area contributed by atoms with Crippen molar-refractivity contribution in [3.8, 4) is 5.75 Å². The highest BCUT2D eigenvalue weighted by Crippen LogP contribution is 2.27. The highest BCUT2D eigenvalue weighted by atomic mass is 32.2. The molecule has 2 aliphatic rings. The molecule has 1 fully saturated rings. The summed E-state index contributed by atoms with van der Waals surface area (Å²) in [6, 6.07) is 9.80. The minimum absolute atomic E-state index is 0.285. The lowest BCUT2D eigenvalue weighted by atomic mass is 9.99. The van der Waals surface area contributed by atoms with Crippen molar-refractivity contribution >= 4 is 15.8 Å². The number of hydrogen-bond acceptors (Lipinski definition) is 5. The third kappa shape index (κ3) is 3.86. The number of fused-ring (bicyclic) bond motifs is 1. The summed E-state index contributed by atoms with van der Waals surface area (Å²) in [7, 11) is -3.41. The van der Waals surface area contributed by atoms with E-state index in [2.05, 4.69) is 28.9 Å². The molecule has 2 aromatic rings. The maximum absolute atomic E-state index is 12.7. The van der Waals surface area contributed by atoms with Gasteiger partial charge in [0.15, 0.2) is 0 Å². The summed E-state index contributed by atoms with van der Waals surface area (Å²) in [4.78, 5) is 6.95. The van der Waals surface area contributed by atoms with Gasteiger partial charge in [0.1, 0.15) is 16.5 Å². The lowest BCUT2D eigenvalue weighted by Gasteiger charge is -2.30. The van der Waals surface area contributed by atoms with E-state index in [0.717, 1.165) is 56.9 Å². The Morgan fingerprint density at radius 3 is 2.61 bits per heavy atom. The first kappa shape index (κ1) is 19.2. The highest BCUT2D eigenvalue weighted by molar-refractivity contribution is 7.89. The first-order chi connectivity index (χ1) is 13.6. The molecule has 150 valence electrons. The monoisotopic (exact) mass is 401 g/mol. The number of rotatable bonds is 6. The van der Waals surface area contributed by atoms with Crippen molar-refractivity contribution < 1.29 is 13.2 Å². The molecular formula is C21H27N3O3S. The molecule has 7 heteroatoms. The molecule has 3 heterocycles. The summed E-state index contributed by atoms with van der Waals surface area (Å²) in [5.41, 5.74) is 2.59. The van der Waals surface area contributed by atoms with Crippen LogP contribution < -0.4 is 9.64 Å². The van der Waals surface area contributed by atoms with Gasteiger partial charge in [-0.15, -0.1) is 0 Å². The van der Waals surface area contributed by atoms with E-state index in [1.165, 1.54) is 17.3 Å². The first-order valence-electron chi connectivity index (χ1n) is 10.0. The van der Waals surface area contributed by atoms with Gasteiger partial charge in [0.25, 0.3) is 0 Å². The maximum atomic E-state index is 12.7. The molecule has 0 N–H and O–H groups in total. The molecule has 0 saturated carbocycles. The number of ether oxygens (including phenoxy) is 1. The van der Waals surface area contributed by atoms with Gasteiger partial charge >= 0.3 is 0 Å². The second-order valence-corrected chi connectivity index (χ2v) is 9.35. The molecule has 6 nitrogen and oxygen atoms in total. The van der Waals surface area contributed by atoms with Gasteiger partial charge in [-0.05, 0) is 61.1 Å². The number of nitrogens with zero attached hydrogens (tertiary/aromatic N) is 3. The molecule has 0 spiro atoms. The zero-order valence-electron chi connectivity index (χ0n) is 16.3. The van der Waals surface area contributed by atoms with Crippen molar-refractivity contribution in [2.24, 2.45) is 0 Å². The van der Waals surface area contributed by atoms with Crippen LogP contribution in [0.25, 0.3) is 0 Å². The average Bonchev–Trinajstić information content (AvgIpc) is 3.28. The van der Waals surface area contributed by atoms with Crippen molar-refractivity contribution in [1.82, 2.24) is 9.29 Å². The minimum Gasteiger partial charge on any atom is -0.494 e. The topological polar surface area (TPSA) is 62.7 Å². The number of sulfonamides is 1. The highest BCUT2D eigenvalue weighted by Gasteiger charge is 2.27. The Morgan fingerprint density at radius 2 is 1.89 bits per heavy atom. The average molecular weight is 402 g/mol. The Bertz CT molecular complexity index is 922. The molecule has 0 amide bonds. The minimum atomic E-state index is -3.41. The molecule has 0 radical (unpaired) electrons. The standard InChI is InChI=1S/C21H27N3O3S/c1-2-13-27-19-6-5-18-16-23(12-9-17(18)14-19)21-8-7-20(15-22-21)28(25,26)24-10-3-4-11-24/h5-8,14-15H,2-4,9-13,16H2,1H3. The van der Waals surface area contributed by atoms with Crippen molar-refractivity contribution in [1.29, 1.82) is 0 Å². The quantitative estimate of drug-likeness (QED) is 0.744. The number of benzene rings is 1. The Kier molecular flexibility index (Phi) is 5.55. The summed E-state index contributed by atoms with van der Waals surface area (Å²) < 4.78 is 32.6. The van der Waals surface area contributed by atoms with Crippen LogP contribution in [0.1, 0.15) is 37.3 Å². The fraction of sp³-hybridized carbons (Fsp3) is 0.476. The van der Waals surface area contributed by atoms with E-state index in [0.29, 0.717) is 13.1 Å². The van der Waals surface area contributed by atoms with Crippen LogP contribution in [-0.2, 0) is 23.0 Å². The van der Waals surface area contributed by atoms with Gasteiger partial charge in [0.05, 0.1) is 6.61 Å². The second kappa shape index (κ2) is 8.09. The predicted octanol–water partition coefficient (Wildman–Crippen LogP) is 3.22. The number of hydrogen-bond donors (Lipinski definition) is 0. The molecule has 0 aliphatic carbocycles. The summed E-state index contributed by atoms with van der Waals surface area (Å²) in [6.45, 7) is 5.68. The first-order valence-corrected chi connectivity index (χ1v) is 11.5. The lowest BCUT2D eigenvalue weighted by Crippen LogP contribution is -2.31. The van der Waals surface area contributed by atoms with E-state index in [4.69, 9.17) is 4.74 Å². The Balaban J connectivity index is 1.47. The van der Waals surface area contributed by atoms with E-state index in [1.807, 2.05) is 12.1 Å². The van der Waals surface area contributed by atoms with E-state index >= 15 is 0 Å². The lowest BCUT2D eigenvalue weighted by molar-refractivity contribution is 0.317. The fourth-order valence-electron chi connectivity index (χ4n) is 3.82. The summed E-state index contributed by atoms with van der Waals surface area (Å²) >= 11 is 0. The zero-order valence-corrected chi connectivity index (χ0v) is 17.1. The fourth-order valence-corrected chi connectivity index (χ4v) is 5.29. The van der Waals surface area contributed by atoms with Crippen molar-refractivity contribution in [3.63, 3.8) is 0 Å². The Labute approximate surface area is 167 Å². The van der Waals surface area contributed by atoms with Gasteiger partial charge in [-0.2, -0.15) is 4.31 Å². The zero-order chi connectivity index (χ0) is 19.6. The predicted molar refractivity (Wildman–Crippen MR) is 109 cm³/mol. The molecular weight excluding hydrogens is 374 g/mol. The van der Waals surface area contributed by atoms with Gasteiger partial charge in [0.2, 0.25) is 10.0 Å². The summed E-state index contributed by atoms with van der Waals surface area (Å²) in [6.07, 6.45) is 5.29. The molecule has 1 saturated heterocycles. The molecule has 0 atom stereocenters. The smallest absolute Gasteiger partial charge is 0.244 e. The largest absolute Gasteiger partial charge is 0.494 e. The molecule has 0 bridgehead atoms. The van der Waals surface area contributed by atoms with Crippen molar-refractivity contribution in [2.45, 2.75) is 44.0 Å². The van der Waals surface area contributed by atoms with Gasteiger partial charge in [-0.25, -0.2) is 13.4 Å². The molecule has 0 unspecified atom stereocenters. The third-order valence-electron chi connectivity index (χ3n) is 5.41. The molecule has 4 rings (SSSR count). The van der Waals surface area contributed by atoms with E-state index in [1.54, 1.807) is 10.4 Å². The Morgan fingerprint density at radius 1 is 1.07 bits per heavy atom. The van der Waals surface area contributed by atoms with Crippen LogP contribution in [-0.4, -0.2) is 43.9 Å². The van der Waals surface area contributed by atoms with E-state index in [9.17, 15) is 8.42 Å². The third-order valence-corrected chi connectivity index (χ3v) is 7.29. The second-order valence-electron chi connectivity index (χ2n) is 7.41. The van der Waals surface area contributed by atoms with Gasteiger partial charge < -0.3 is 9.64 Å². The van der Waals surface area contributed by atoms with Crippen molar-refractivity contribution in [3.05, 3.63) is 47.7 Å². The van der Waals surface area contributed by atoms with Crippen LogP contribution in [0.2, 0.25) is 0 Å². The molecule has 1 aromatic carbocycles. The van der Waals surface area contributed by atoms with Crippen LogP contribution in [0.5, 0.6) is 5.75 Å². The van der Waals surface area contributed by atoms with Gasteiger partial charge in [0, 0.05) is 32.4 Å². The number of anilines is 1. The maximum Gasteiger partial charge on any atom is 0.244 e. The van der Waals surface area contributed by atoms with Gasteiger partial charge in [-0.3, -0.25) is 0 Å². The summed E-state index contributed by atoms with van der Waals surface area (Å²) in [5, 5.41) is 0. The van der Waals surface area contributed by atoms with Crippen LogP contribution in [0.3, 0.4) is 0 Å². The van der Waals surface area contributed by atoms with Crippen LogP contribution in [0.15, 0.2) is 41.4 Å². The van der Waals surface area contributed by atoms with E-state index < -0.39 is 10.0 Å². The van der Waals surface area contributed by atoms with Crippen LogP contribution in [0, 0.1) is 0 Å². The molecule has 28 heavy (non-hydrogen) atoms. The molecule has 1 aromatic heterocycles. The van der Waals surface area contributed by atoms with Crippen LogP contribution in [0.4, 0.5) is 5.82 Å². The van der Waals surface area contributed by atoms with E-state index in [-0.39, 0.29) is 4.90 Å². The molecule has 2 aliphatic heterocycles. The number of aromatic nitrogens is 1. The Hall–Kier alpha value is -2.12. The van der Waals surface area contributed by atoms with Gasteiger partial charge in [-0.1, -0.05) is 13.0 Å².